The number of nitrogens with zero attached hydrogens (tertiary/aromatic N) is 2. The smallest absolute Gasteiger partial charge is 0.0958 e. The van der Waals surface area contributed by atoms with Crippen molar-refractivity contribution in [1.82, 2.24) is 9.55 Å². The lowest BCUT2D eigenvalue weighted by Crippen LogP contribution is -2.21. The van der Waals surface area contributed by atoms with E-state index in [1.54, 1.807) is 0 Å². The second-order valence-electron chi connectivity index (χ2n) is 4.99. The molecule has 0 bridgehead atoms. The number of para-hydroxylation sites is 2. The lowest BCUT2D eigenvalue weighted by atomic mass is 9.77. The van der Waals surface area contributed by atoms with Gasteiger partial charge in [-0.2, -0.15) is 0 Å². The van der Waals surface area contributed by atoms with Crippen LogP contribution in [0.3, 0.4) is 0 Å². The maximum atomic E-state index is 4.45. The molecule has 1 aliphatic carbocycles. The average molecular weight is 234 g/mol. The van der Waals surface area contributed by atoms with Crippen molar-refractivity contribution in [3.63, 3.8) is 0 Å². The fourth-order valence-electron chi connectivity index (χ4n) is 2.92. The molecule has 2 aromatic carbocycles. The van der Waals surface area contributed by atoms with Crippen LogP contribution in [0.15, 0.2) is 54.9 Å². The van der Waals surface area contributed by atoms with Gasteiger partial charge in [0.2, 0.25) is 0 Å². The minimum atomic E-state index is 0.652. The van der Waals surface area contributed by atoms with E-state index in [0.717, 1.165) is 12.1 Å². The Labute approximate surface area is 106 Å². The van der Waals surface area contributed by atoms with E-state index in [2.05, 4.69) is 52.0 Å². The van der Waals surface area contributed by atoms with Gasteiger partial charge >= 0.3 is 0 Å². The maximum Gasteiger partial charge on any atom is 0.0958 e. The van der Waals surface area contributed by atoms with Crippen molar-refractivity contribution >= 4 is 11.0 Å². The first-order valence-electron chi connectivity index (χ1n) is 6.39. The van der Waals surface area contributed by atoms with Gasteiger partial charge < -0.3 is 4.57 Å². The summed E-state index contributed by atoms with van der Waals surface area (Å²) < 4.78 is 2.27. The van der Waals surface area contributed by atoms with E-state index in [9.17, 15) is 0 Å². The number of benzene rings is 2. The molecule has 1 atom stereocenters. The van der Waals surface area contributed by atoms with Gasteiger partial charge in [0.15, 0.2) is 0 Å². The minimum Gasteiger partial charge on any atom is -0.330 e. The van der Waals surface area contributed by atoms with E-state index in [0.29, 0.717) is 5.92 Å². The molecule has 1 aliphatic rings. The Morgan fingerprint density at radius 1 is 1.06 bits per heavy atom. The number of aromatic nitrogens is 2. The number of rotatable bonds is 2. The van der Waals surface area contributed by atoms with Crippen LogP contribution < -0.4 is 0 Å². The summed E-state index contributed by atoms with van der Waals surface area (Å²) in [6.07, 6.45) is 3.16. The van der Waals surface area contributed by atoms with E-state index in [-0.39, 0.29) is 0 Å². The highest BCUT2D eigenvalue weighted by Gasteiger charge is 2.25. The second kappa shape index (κ2) is 3.70. The lowest BCUT2D eigenvalue weighted by Gasteiger charge is -2.30. The highest BCUT2D eigenvalue weighted by molar-refractivity contribution is 5.74. The number of hydrogen-bond donors (Lipinski definition) is 0. The predicted octanol–water partition coefficient (Wildman–Crippen LogP) is 3.38. The van der Waals surface area contributed by atoms with Gasteiger partial charge in [0.25, 0.3) is 0 Å². The summed E-state index contributed by atoms with van der Waals surface area (Å²) in [5.74, 6) is 0.652. The van der Waals surface area contributed by atoms with Gasteiger partial charge in [-0.1, -0.05) is 36.4 Å². The van der Waals surface area contributed by atoms with Crippen molar-refractivity contribution in [3.05, 3.63) is 66.0 Å². The van der Waals surface area contributed by atoms with Gasteiger partial charge in [0, 0.05) is 12.5 Å². The minimum absolute atomic E-state index is 0.652. The average Bonchev–Trinajstić information content (AvgIpc) is 2.79. The Morgan fingerprint density at radius 2 is 1.89 bits per heavy atom. The van der Waals surface area contributed by atoms with Crippen LogP contribution in [0.5, 0.6) is 0 Å². The standard InChI is InChI=1S/C16H14N2/c1-2-6-14-12(5-1)9-13(14)10-18-11-17-15-7-3-4-8-16(15)18/h1-8,11,13H,9-10H2. The molecule has 0 amide bonds. The molecule has 1 unspecified atom stereocenters. The number of imidazole rings is 1. The van der Waals surface area contributed by atoms with Gasteiger partial charge in [-0.25, -0.2) is 4.98 Å². The molecule has 4 rings (SSSR count). The molecule has 0 saturated heterocycles. The van der Waals surface area contributed by atoms with Crippen LogP contribution in [-0.4, -0.2) is 9.55 Å². The topological polar surface area (TPSA) is 17.8 Å². The van der Waals surface area contributed by atoms with Crippen LogP contribution in [0, 0.1) is 0 Å². The first-order chi connectivity index (χ1) is 8.92. The normalized spacial score (nSPS) is 17.4. The van der Waals surface area contributed by atoms with Crippen molar-refractivity contribution in [1.29, 1.82) is 0 Å². The highest BCUT2D eigenvalue weighted by Crippen LogP contribution is 2.36. The third kappa shape index (κ3) is 1.39. The van der Waals surface area contributed by atoms with Gasteiger partial charge in [-0.05, 0) is 29.7 Å². The zero-order chi connectivity index (χ0) is 11.9. The molecule has 1 aromatic heterocycles. The number of fused-ring (bicyclic) bond motifs is 2. The number of hydrogen-bond acceptors (Lipinski definition) is 1. The molecule has 0 N–H and O–H groups in total. The van der Waals surface area contributed by atoms with E-state index < -0.39 is 0 Å². The third-order valence-corrected chi connectivity index (χ3v) is 3.91. The Bertz CT molecular complexity index is 712. The molecule has 0 fully saturated rings. The summed E-state index contributed by atoms with van der Waals surface area (Å²) in [4.78, 5) is 4.45. The maximum absolute atomic E-state index is 4.45. The molecule has 0 saturated carbocycles. The van der Waals surface area contributed by atoms with E-state index >= 15 is 0 Å². The van der Waals surface area contributed by atoms with Crippen LogP contribution in [0.1, 0.15) is 17.0 Å². The molecule has 0 aliphatic heterocycles. The van der Waals surface area contributed by atoms with Crippen LogP contribution in [0.25, 0.3) is 11.0 Å². The zero-order valence-corrected chi connectivity index (χ0v) is 10.1. The summed E-state index contributed by atoms with van der Waals surface area (Å²) in [7, 11) is 0. The molecule has 0 spiro atoms. The Morgan fingerprint density at radius 3 is 2.83 bits per heavy atom. The van der Waals surface area contributed by atoms with Crippen molar-refractivity contribution in [2.75, 3.05) is 0 Å². The molecule has 0 radical (unpaired) electrons. The molecule has 88 valence electrons. The van der Waals surface area contributed by atoms with Crippen LogP contribution in [0.2, 0.25) is 0 Å². The summed E-state index contributed by atoms with van der Waals surface area (Å²) in [5, 5.41) is 0. The second-order valence-corrected chi connectivity index (χ2v) is 4.99. The van der Waals surface area contributed by atoms with Crippen molar-refractivity contribution in [2.24, 2.45) is 0 Å². The van der Waals surface area contributed by atoms with Crippen molar-refractivity contribution < 1.29 is 0 Å². The summed E-state index contributed by atoms with van der Waals surface area (Å²) in [6.45, 7) is 1.04. The Hall–Kier alpha value is -2.09. The predicted molar refractivity (Wildman–Crippen MR) is 72.6 cm³/mol. The van der Waals surface area contributed by atoms with Crippen molar-refractivity contribution in [3.8, 4) is 0 Å². The SMILES string of the molecule is c1ccc2c(c1)CC2Cn1cnc2ccccc21. The zero-order valence-electron chi connectivity index (χ0n) is 10.1. The monoisotopic (exact) mass is 234 g/mol. The molecule has 3 aromatic rings. The Balaban J connectivity index is 1.67. The van der Waals surface area contributed by atoms with E-state index in [4.69, 9.17) is 0 Å². The molecule has 2 heteroatoms. The lowest BCUT2D eigenvalue weighted by molar-refractivity contribution is 0.516. The molecule has 2 nitrogen and oxygen atoms in total. The first-order valence-corrected chi connectivity index (χ1v) is 6.39. The van der Waals surface area contributed by atoms with E-state index in [1.165, 1.54) is 23.1 Å². The summed E-state index contributed by atoms with van der Waals surface area (Å²) >= 11 is 0. The summed E-state index contributed by atoms with van der Waals surface area (Å²) in [6, 6.07) is 17.1. The van der Waals surface area contributed by atoms with Gasteiger partial charge in [-0.3, -0.25) is 0 Å². The van der Waals surface area contributed by atoms with Gasteiger partial charge in [0.05, 0.1) is 17.4 Å². The molecular formula is C16H14N2. The third-order valence-electron chi connectivity index (χ3n) is 3.91. The van der Waals surface area contributed by atoms with Gasteiger partial charge in [0.1, 0.15) is 0 Å². The Kier molecular flexibility index (Phi) is 2.04. The fourth-order valence-corrected chi connectivity index (χ4v) is 2.92. The quantitative estimate of drug-likeness (QED) is 0.664. The van der Waals surface area contributed by atoms with E-state index in [1.807, 2.05) is 12.4 Å². The highest BCUT2D eigenvalue weighted by atomic mass is 15.0. The molecular weight excluding hydrogens is 220 g/mol. The first kappa shape index (κ1) is 9.89. The largest absolute Gasteiger partial charge is 0.330 e. The van der Waals surface area contributed by atoms with Crippen LogP contribution in [0.4, 0.5) is 0 Å². The van der Waals surface area contributed by atoms with Crippen LogP contribution >= 0.6 is 0 Å². The fraction of sp³-hybridized carbons (Fsp3) is 0.188. The summed E-state index contributed by atoms with van der Waals surface area (Å²) in [5.41, 5.74) is 5.34. The molecule has 18 heavy (non-hydrogen) atoms. The van der Waals surface area contributed by atoms with Gasteiger partial charge in [-0.15, -0.1) is 0 Å². The van der Waals surface area contributed by atoms with Crippen LogP contribution in [-0.2, 0) is 13.0 Å². The molecule has 1 heterocycles. The van der Waals surface area contributed by atoms with Crippen molar-refractivity contribution in [2.45, 2.75) is 18.9 Å².